The van der Waals surface area contributed by atoms with E-state index in [0.29, 0.717) is 0 Å². The number of hydrogen-bond donors (Lipinski definition) is 1. The molecule has 1 unspecified atom stereocenters. The molecule has 2 aromatic rings. The molecule has 4 heteroatoms. The van der Waals surface area contributed by atoms with Gasteiger partial charge in [0.1, 0.15) is 5.82 Å². The number of nitrogens with one attached hydrogen (secondary N) is 1. The first-order valence-electron chi connectivity index (χ1n) is 6.53. The Morgan fingerprint density at radius 3 is 2.50 bits per heavy atom. The van der Waals surface area contributed by atoms with E-state index in [9.17, 15) is 4.39 Å². The van der Waals surface area contributed by atoms with Crippen molar-refractivity contribution in [1.29, 1.82) is 0 Å². The van der Waals surface area contributed by atoms with Gasteiger partial charge in [0.15, 0.2) is 0 Å². The number of likely N-dealkylation sites (N-methyl/N-ethyl adjacent to an activating group) is 1. The summed E-state index contributed by atoms with van der Waals surface area (Å²) >= 11 is 9.16. The minimum absolute atomic E-state index is 0.0768. The van der Waals surface area contributed by atoms with Crippen molar-refractivity contribution in [1.82, 2.24) is 5.32 Å². The highest BCUT2D eigenvalue weighted by atomic mass is 79.9. The summed E-state index contributed by atoms with van der Waals surface area (Å²) in [5.74, 6) is -0.372. The standard InChI is InChI=1S/C16H16BrClFN/c1-2-20-16(9-11-3-6-13(17)7-4-11)12-5-8-14(18)15(19)10-12/h3-8,10,16,20H,2,9H2,1H3. The third kappa shape index (κ3) is 4.05. The fourth-order valence-corrected chi connectivity index (χ4v) is 2.52. The summed E-state index contributed by atoms with van der Waals surface area (Å²) in [5.41, 5.74) is 2.12. The van der Waals surface area contributed by atoms with Crippen LogP contribution in [0.25, 0.3) is 0 Å². The van der Waals surface area contributed by atoms with Crippen LogP contribution in [0.5, 0.6) is 0 Å². The third-order valence-electron chi connectivity index (χ3n) is 3.15. The smallest absolute Gasteiger partial charge is 0.142 e. The fraction of sp³-hybridized carbons (Fsp3) is 0.250. The Bertz CT molecular complexity index is 571. The van der Waals surface area contributed by atoms with Gasteiger partial charge in [-0.2, -0.15) is 0 Å². The first-order valence-corrected chi connectivity index (χ1v) is 7.70. The number of halogens is 3. The van der Waals surface area contributed by atoms with Gasteiger partial charge < -0.3 is 5.32 Å². The Morgan fingerprint density at radius 1 is 1.20 bits per heavy atom. The molecule has 2 rings (SSSR count). The molecular formula is C16H16BrClFN. The summed E-state index contributed by atoms with van der Waals surface area (Å²) < 4.78 is 14.7. The van der Waals surface area contributed by atoms with Gasteiger partial charge in [-0.1, -0.05) is 52.7 Å². The Balaban J connectivity index is 2.21. The van der Waals surface area contributed by atoms with E-state index < -0.39 is 0 Å². The first-order chi connectivity index (χ1) is 9.60. The van der Waals surface area contributed by atoms with Gasteiger partial charge in [-0.05, 0) is 48.4 Å². The molecule has 0 heterocycles. The van der Waals surface area contributed by atoms with Gasteiger partial charge in [-0.25, -0.2) is 4.39 Å². The monoisotopic (exact) mass is 355 g/mol. The van der Waals surface area contributed by atoms with E-state index in [1.165, 1.54) is 11.6 Å². The molecule has 0 saturated carbocycles. The molecule has 0 aliphatic carbocycles. The van der Waals surface area contributed by atoms with Crippen molar-refractivity contribution in [3.8, 4) is 0 Å². The molecule has 0 saturated heterocycles. The Labute approximate surface area is 132 Å². The summed E-state index contributed by atoms with van der Waals surface area (Å²) in [6.07, 6.45) is 0.808. The van der Waals surface area contributed by atoms with Crippen LogP contribution in [0.4, 0.5) is 4.39 Å². The lowest BCUT2D eigenvalue weighted by Gasteiger charge is -2.19. The van der Waals surface area contributed by atoms with Gasteiger partial charge in [0.25, 0.3) is 0 Å². The van der Waals surface area contributed by atoms with Crippen LogP contribution in [0, 0.1) is 5.82 Å². The topological polar surface area (TPSA) is 12.0 Å². The van der Waals surface area contributed by atoms with Crippen LogP contribution >= 0.6 is 27.5 Å². The highest BCUT2D eigenvalue weighted by molar-refractivity contribution is 9.10. The highest BCUT2D eigenvalue weighted by Crippen LogP contribution is 2.23. The van der Waals surface area contributed by atoms with Crippen LogP contribution in [0.1, 0.15) is 24.1 Å². The zero-order valence-electron chi connectivity index (χ0n) is 11.2. The molecule has 0 aromatic heterocycles. The van der Waals surface area contributed by atoms with Crippen LogP contribution in [-0.2, 0) is 6.42 Å². The lowest BCUT2D eigenvalue weighted by molar-refractivity contribution is 0.543. The van der Waals surface area contributed by atoms with E-state index in [1.807, 2.05) is 25.1 Å². The molecule has 1 atom stereocenters. The lowest BCUT2D eigenvalue weighted by atomic mass is 9.99. The molecule has 1 N–H and O–H groups in total. The molecule has 0 aliphatic rings. The van der Waals surface area contributed by atoms with Gasteiger partial charge in [-0.3, -0.25) is 0 Å². The van der Waals surface area contributed by atoms with E-state index in [4.69, 9.17) is 11.6 Å². The summed E-state index contributed by atoms with van der Waals surface area (Å²) in [6.45, 7) is 2.87. The minimum Gasteiger partial charge on any atom is -0.310 e. The molecule has 20 heavy (non-hydrogen) atoms. The predicted molar refractivity (Wildman–Crippen MR) is 85.7 cm³/mol. The summed E-state index contributed by atoms with van der Waals surface area (Å²) in [7, 11) is 0. The van der Waals surface area contributed by atoms with Crippen molar-refractivity contribution in [2.24, 2.45) is 0 Å². The second-order valence-electron chi connectivity index (χ2n) is 4.61. The van der Waals surface area contributed by atoms with Crippen LogP contribution in [0.15, 0.2) is 46.9 Å². The van der Waals surface area contributed by atoms with Gasteiger partial charge in [0.2, 0.25) is 0 Å². The predicted octanol–water partition coefficient (Wildman–Crippen LogP) is 5.13. The number of benzene rings is 2. The van der Waals surface area contributed by atoms with Crippen molar-refractivity contribution in [2.45, 2.75) is 19.4 Å². The van der Waals surface area contributed by atoms with E-state index in [2.05, 4.69) is 33.4 Å². The third-order valence-corrected chi connectivity index (χ3v) is 3.98. The van der Waals surface area contributed by atoms with Gasteiger partial charge in [-0.15, -0.1) is 0 Å². The lowest BCUT2D eigenvalue weighted by Crippen LogP contribution is -2.23. The Hall–Kier alpha value is -0.900. The maximum atomic E-state index is 13.6. The normalized spacial score (nSPS) is 12.4. The van der Waals surface area contributed by atoms with Gasteiger partial charge >= 0.3 is 0 Å². The van der Waals surface area contributed by atoms with E-state index in [-0.39, 0.29) is 16.9 Å². The van der Waals surface area contributed by atoms with Crippen molar-refractivity contribution < 1.29 is 4.39 Å². The molecule has 0 spiro atoms. The van der Waals surface area contributed by atoms with Crippen molar-refractivity contribution in [3.63, 3.8) is 0 Å². The molecule has 0 radical (unpaired) electrons. The highest BCUT2D eigenvalue weighted by Gasteiger charge is 2.13. The largest absolute Gasteiger partial charge is 0.310 e. The molecular weight excluding hydrogens is 341 g/mol. The minimum atomic E-state index is -0.372. The molecule has 0 amide bonds. The molecule has 106 valence electrons. The SMILES string of the molecule is CCNC(Cc1ccc(Br)cc1)c1ccc(Cl)c(F)c1. The van der Waals surface area contributed by atoms with E-state index >= 15 is 0 Å². The number of hydrogen-bond acceptors (Lipinski definition) is 1. The van der Waals surface area contributed by atoms with Crippen LogP contribution in [-0.4, -0.2) is 6.54 Å². The van der Waals surface area contributed by atoms with E-state index in [0.717, 1.165) is 23.0 Å². The first kappa shape index (κ1) is 15.5. The number of rotatable bonds is 5. The molecule has 0 bridgehead atoms. The maximum Gasteiger partial charge on any atom is 0.142 e. The quantitative estimate of drug-likeness (QED) is 0.782. The second-order valence-corrected chi connectivity index (χ2v) is 5.94. The van der Waals surface area contributed by atoms with Gasteiger partial charge in [0, 0.05) is 10.5 Å². The average Bonchev–Trinajstić information content (AvgIpc) is 2.44. The molecule has 2 aromatic carbocycles. The molecule has 0 aliphatic heterocycles. The van der Waals surface area contributed by atoms with Crippen LogP contribution < -0.4 is 5.32 Å². The van der Waals surface area contributed by atoms with Crippen LogP contribution in [0.2, 0.25) is 5.02 Å². The molecule has 0 fully saturated rings. The Kier molecular flexibility index (Phi) is 5.58. The fourth-order valence-electron chi connectivity index (χ4n) is 2.14. The zero-order chi connectivity index (χ0) is 14.5. The van der Waals surface area contributed by atoms with E-state index in [1.54, 1.807) is 6.07 Å². The van der Waals surface area contributed by atoms with Crippen molar-refractivity contribution in [3.05, 3.63) is 68.9 Å². The van der Waals surface area contributed by atoms with Crippen LogP contribution in [0.3, 0.4) is 0 Å². The maximum absolute atomic E-state index is 13.6. The second kappa shape index (κ2) is 7.21. The average molecular weight is 357 g/mol. The van der Waals surface area contributed by atoms with Gasteiger partial charge in [0.05, 0.1) is 5.02 Å². The zero-order valence-corrected chi connectivity index (χ0v) is 13.5. The van der Waals surface area contributed by atoms with Crippen molar-refractivity contribution >= 4 is 27.5 Å². The van der Waals surface area contributed by atoms with Crippen molar-refractivity contribution in [2.75, 3.05) is 6.54 Å². The summed E-state index contributed by atoms with van der Waals surface area (Å²) in [5, 5.41) is 3.55. The molecule has 1 nitrogen and oxygen atoms in total. The summed E-state index contributed by atoms with van der Waals surface area (Å²) in [6, 6.07) is 13.2. The Morgan fingerprint density at radius 2 is 1.90 bits per heavy atom. The summed E-state index contributed by atoms with van der Waals surface area (Å²) in [4.78, 5) is 0.